The van der Waals surface area contributed by atoms with Gasteiger partial charge in [-0.1, -0.05) is 114 Å². The standard InChI is InChI=1S/C5H10.3C5H12/c1-2-4-5-3-1;3*1-4-5(2)3/h1-5H2;3*5H,4H2,1-3H3. The molecule has 0 aromatic rings. The van der Waals surface area contributed by atoms with Gasteiger partial charge < -0.3 is 0 Å². The van der Waals surface area contributed by atoms with Crippen LogP contribution in [0.25, 0.3) is 0 Å². The van der Waals surface area contributed by atoms with E-state index < -0.39 is 0 Å². The van der Waals surface area contributed by atoms with E-state index >= 15 is 0 Å². The normalized spacial score (nSPS) is 13.2. The summed E-state index contributed by atoms with van der Waals surface area (Å²) in [5, 5.41) is 0. The van der Waals surface area contributed by atoms with E-state index in [1.54, 1.807) is 0 Å². The second kappa shape index (κ2) is 21.3. The Morgan fingerprint density at radius 3 is 0.600 bits per heavy atom. The highest BCUT2D eigenvalue weighted by Crippen LogP contribution is 2.15. The Balaban J connectivity index is -0.000000193. The molecule has 0 N–H and O–H groups in total. The summed E-state index contributed by atoms with van der Waals surface area (Å²) in [5.74, 6) is 2.65. The van der Waals surface area contributed by atoms with Crippen LogP contribution in [0.1, 0.15) is 114 Å². The lowest BCUT2D eigenvalue weighted by Crippen LogP contribution is -1.77. The van der Waals surface area contributed by atoms with Crippen molar-refractivity contribution in [3.05, 3.63) is 0 Å². The van der Waals surface area contributed by atoms with Crippen molar-refractivity contribution in [1.29, 1.82) is 0 Å². The Bertz CT molecular complexity index is 102. The highest BCUT2D eigenvalue weighted by atomic mass is 14.0. The molecular formula is C20H46. The molecule has 0 saturated heterocycles. The van der Waals surface area contributed by atoms with E-state index in [9.17, 15) is 0 Å². The summed E-state index contributed by atoms with van der Waals surface area (Å²) in [7, 11) is 0. The van der Waals surface area contributed by atoms with Gasteiger partial charge in [0.1, 0.15) is 0 Å². The van der Waals surface area contributed by atoms with Crippen LogP contribution >= 0.6 is 0 Å². The molecule has 1 rings (SSSR count). The first-order valence-electron chi connectivity index (χ1n) is 9.31. The summed E-state index contributed by atoms with van der Waals surface area (Å²) in [6.07, 6.45) is 11.4. The minimum Gasteiger partial charge on any atom is -0.0651 e. The quantitative estimate of drug-likeness (QED) is 0.491. The van der Waals surface area contributed by atoms with E-state index in [-0.39, 0.29) is 0 Å². The van der Waals surface area contributed by atoms with E-state index in [0.717, 1.165) is 17.8 Å². The Hall–Kier alpha value is 0. The molecule has 0 aromatic carbocycles. The molecule has 0 spiro atoms. The first kappa shape index (κ1) is 25.0. The summed E-state index contributed by atoms with van der Waals surface area (Å²) >= 11 is 0. The Kier molecular flexibility index (Phi) is 26.6. The largest absolute Gasteiger partial charge is 0.0651 e. The number of rotatable bonds is 3. The van der Waals surface area contributed by atoms with Gasteiger partial charge in [-0.05, 0) is 17.8 Å². The molecule has 0 aromatic heterocycles. The van der Waals surface area contributed by atoms with Gasteiger partial charge in [0.25, 0.3) is 0 Å². The fourth-order valence-corrected chi connectivity index (χ4v) is 0.884. The zero-order chi connectivity index (χ0) is 16.4. The molecule has 0 unspecified atom stereocenters. The number of hydrogen-bond acceptors (Lipinski definition) is 0. The lowest BCUT2D eigenvalue weighted by Gasteiger charge is -1.90. The second-order valence-electron chi connectivity index (χ2n) is 7.17. The first-order chi connectivity index (χ1) is 9.31. The van der Waals surface area contributed by atoms with Gasteiger partial charge in [0, 0.05) is 0 Å². The third-order valence-electron chi connectivity index (χ3n) is 3.70. The van der Waals surface area contributed by atoms with Crippen molar-refractivity contribution in [2.45, 2.75) is 114 Å². The Morgan fingerprint density at radius 2 is 0.550 bits per heavy atom. The van der Waals surface area contributed by atoms with Crippen LogP contribution in [0.2, 0.25) is 0 Å². The zero-order valence-corrected chi connectivity index (χ0v) is 16.4. The lowest BCUT2D eigenvalue weighted by molar-refractivity contribution is 0.626. The van der Waals surface area contributed by atoms with Gasteiger partial charge in [0.2, 0.25) is 0 Å². The van der Waals surface area contributed by atoms with Crippen LogP contribution in [-0.2, 0) is 0 Å². The van der Waals surface area contributed by atoms with Crippen molar-refractivity contribution < 1.29 is 0 Å². The van der Waals surface area contributed by atoms with Crippen molar-refractivity contribution in [2.75, 3.05) is 0 Å². The molecule has 0 heteroatoms. The van der Waals surface area contributed by atoms with Crippen LogP contribution in [0.5, 0.6) is 0 Å². The molecule has 0 aliphatic heterocycles. The maximum Gasteiger partial charge on any atom is -0.0474 e. The maximum atomic E-state index is 2.22. The van der Waals surface area contributed by atoms with Crippen LogP contribution in [-0.4, -0.2) is 0 Å². The Labute approximate surface area is 132 Å². The average molecular weight is 287 g/mol. The van der Waals surface area contributed by atoms with Gasteiger partial charge in [-0.25, -0.2) is 0 Å². The Morgan fingerprint density at radius 1 is 0.450 bits per heavy atom. The molecule has 0 atom stereocenters. The molecule has 0 radical (unpaired) electrons. The van der Waals surface area contributed by atoms with E-state index in [1.807, 2.05) is 0 Å². The van der Waals surface area contributed by atoms with Gasteiger partial charge in [0.15, 0.2) is 0 Å². The topological polar surface area (TPSA) is 0 Å². The van der Waals surface area contributed by atoms with Crippen LogP contribution in [0.4, 0.5) is 0 Å². The molecule has 1 aliphatic rings. The molecule has 0 bridgehead atoms. The predicted molar refractivity (Wildman–Crippen MR) is 98.5 cm³/mol. The molecule has 1 saturated carbocycles. The SMILES string of the molecule is C1CCCC1.CCC(C)C.CCC(C)C.CCC(C)C. The second-order valence-corrected chi connectivity index (χ2v) is 7.17. The van der Waals surface area contributed by atoms with E-state index in [4.69, 9.17) is 0 Å². The molecule has 126 valence electrons. The highest BCUT2D eigenvalue weighted by molar-refractivity contribution is 4.51. The fraction of sp³-hybridized carbons (Fsp3) is 1.00. The lowest BCUT2D eigenvalue weighted by atomic mass is 10.2. The van der Waals surface area contributed by atoms with Crippen LogP contribution in [0.15, 0.2) is 0 Å². The summed E-state index contributed by atoms with van der Waals surface area (Å²) in [5.41, 5.74) is 0. The van der Waals surface area contributed by atoms with Gasteiger partial charge in [-0.3, -0.25) is 0 Å². The van der Waals surface area contributed by atoms with Gasteiger partial charge in [0.05, 0.1) is 0 Å². The van der Waals surface area contributed by atoms with Crippen molar-refractivity contribution in [3.63, 3.8) is 0 Å². The van der Waals surface area contributed by atoms with Crippen molar-refractivity contribution in [2.24, 2.45) is 17.8 Å². The monoisotopic (exact) mass is 286 g/mol. The predicted octanol–water partition coefficient (Wildman–Crippen LogP) is 8.11. The van der Waals surface area contributed by atoms with Crippen molar-refractivity contribution in [1.82, 2.24) is 0 Å². The smallest absolute Gasteiger partial charge is 0.0474 e. The third kappa shape index (κ3) is 43.0. The first-order valence-corrected chi connectivity index (χ1v) is 9.31. The molecule has 0 heterocycles. The molecule has 0 amide bonds. The maximum absolute atomic E-state index is 2.22. The van der Waals surface area contributed by atoms with Crippen LogP contribution in [0, 0.1) is 17.8 Å². The highest BCUT2D eigenvalue weighted by Gasteiger charge is 1.95. The van der Waals surface area contributed by atoms with E-state index in [0.29, 0.717) is 0 Å². The molecule has 1 aliphatic carbocycles. The van der Waals surface area contributed by atoms with Gasteiger partial charge in [-0.15, -0.1) is 0 Å². The minimum absolute atomic E-state index is 0.884. The zero-order valence-electron chi connectivity index (χ0n) is 16.4. The summed E-state index contributed by atoms with van der Waals surface area (Å²) < 4.78 is 0. The minimum atomic E-state index is 0.884. The summed E-state index contributed by atoms with van der Waals surface area (Å²) in [6.45, 7) is 19.9. The van der Waals surface area contributed by atoms with E-state index in [2.05, 4.69) is 62.3 Å². The molecular weight excluding hydrogens is 240 g/mol. The molecule has 1 fully saturated rings. The number of hydrogen-bond donors (Lipinski definition) is 0. The van der Waals surface area contributed by atoms with Gasteiger partial charge >= 0.3 is 0 Å². The summed E-state index contributed by atoms with van der Waals surface area (Å²) in [6, 6.07) is 0. The van der Waals surface area contributed by atoms with Crippen molar-refractivity contribution in [3.8, 4) is 0 Å². The average Bonchev–Trinajstić information content (AvgIpc) is 2.99. The van der Waals surface area contributed by atoms with Gasteiger partial charge in [-0.2, -0.15) is 0 Å². The summed E-state index contributed by atoms with van der Waals surface area (Å²) in [4.78, 5) is 0. The van der Waals surface area contributed by atoms with Crippen LogP contribution < -0.4 is 0 Å². The van der Waals surface area contributed by atoms with Crippen LogP contribution in [0.3, 0.4) is 0 Å². The van der Waals surface area contributed by atoms with E-state index in [1.165, 1.54) is 51.4 Å². The fourth-order valence-electron chi connectivity index (χ4n) is 0.884. The molecule has 0 nitrogen and oxygen atoms in total. The van der Waals surface area contributed by atoms with Crippen molar-refractivity contribution >= 4 is 0 Å². The molecule has 20 heavy (non-hydrogen) atoms. The third-order valence-corrected chi connectivity index (χ3v) is 3.70.